The summed E-state index contributed by atoms with van der Waals surface area (Å²) in [6.45, 7) is 4.08. The zero-order valence-electron chi connectivity index (χ0n) is 17.1. The molecule has 29 heavy (non-hydrogen) atoms. The highest BCUT2D eigenvalue weighted by atomic mass is 35.5. The van der Waals surface area contributed by atoms with E-state index in [1.807, 2.05) is 49.3 Å². The smallest absolute Gasteiger partial charge is 0.233 e. The van der Waals surface area contributed by atoms with Gasteiger partial charge in [0, 0.05) is 38.8 Å². The average Bonchev–Trinajstić information content (AvgIpc) is 3.24. The third kappa shape index (κ3) is 6.87. The van der Waals surface area contributed by atoms with Crippen LogP contribution in [0.1, 0.15) is 18.4 Å². The van der Waals surface area contributed by atoms with Gasteiger partial charge in [0.15, 0.2) is 5.16 Å². The number of carbonyl (C=O) groups excluding carboxylic acids is 1. The Morgan fingerprint density at radius 1 is 1.14 bits per heavy atom. The highest BCUT2D eigenvalue weighted by Gasteiger charge is 2.18. The SMILES string of the molecule is CN(C)CCN(Cc1ccccc1)C(=O)CSc1nc(Cl)cc(N2CCCC2)n1. The number of thioether (sulfide) groups is 1. The number of amides is 1. The quantitative estimate of drug-likeness (QED) is 0.343. The molecule has 156 valence electrons. The van der Waals surface area contributed by atoms with Crippen molar-refractivity contribution >= 4 is 35.1 Å². The molecule has 0 bridgehead atoms. The molecule has 0 unspecified atom stereocenters. The van der Waals surface area contributed by atoms with Gasteiger partial charge in [-0.15, -0.1) is 0 Å². The summed E-state index contributed by atoms with van der Waals surface area (Å²) in [7, 11) is 4.03. The summed E-state index contributed by atoms with van der Waals surface area (Å²) in [5.41, 5.74) is 1.12. The highest BCUT2D eigenvalue weighted by Crippen LogP contribution is 2.24. The molecule has 1 aromatic heterocycles. The van der Waals surface area contributed by atoms with E-state index >= 15 is 0 Å². The fourth-order valence-electron chi connectivity index (χ4n) is 3.19. The van der Waals surface area contributed by atoms with Crippen molar-refractivity contribution in [2.24, 2.45) is 0 Å². The molecule has 3 rings (SSSR count). The zero-order chi connectivity index (χ0) is 20.6. The second-order valence-electron chi connectivity index (χ2n) is 7.42. The van der Waals surface area contributed by atoms with Gasteiger partial charge >= 0.3 is 0 Å². The van der Waals surface area contributed by atoms with Crippen LogP contribution in [0.2, 0.25) is 5.15 Å². The van der Waals surface area contributed by atoms with Gasteiger partial charge in [-0.1, -0.05) is 53.7 Å². The Bertz CT molecular complexity index is 799. The van der Waals surface area contributed by atoms with Crippen molar-refractivity contribution in [1.29, 1.82) is 0 Å². The van der Waals surface area contributed by atoms with E-state index < -0.39 is 0 Å². The maximum atomic E-state index is 12.9. The fourth-order valence-corrected chi connectivity index (χ4v) is 4.18. The second kappa shape index (κ2) is 10.8. The van der Waals surface area contributed by atoms with Crippen molar-refractivity contribution in [2.45, 2.75) is 24.5 Å². The number of anilines is 1. The van der Waals surface area contributed by atoms with Gasteiger partial charge in [0.25, 0.3) is 0 Å². The minimum atomic E-state index is 0.0759. The number of aromatic nitrogens is 2. The van der Waals surface area contributed by atoms with E-state index in [2.05, 4.69) is 19.8 Å². The largest absolute Gasteiger partial charge is 0.356 e. The van der Waals surface area contributed by atoms with E-state index in [-0.39, 0.29) is 5.91 Å². The van der Waals surface area contributed by atoms with Crippen LogP contribution in [0, 0.1) is 0 Å². The number of benzene rings is 1. The van der Waals surface area contributed by atoms with Crippen LogP contribution >= 0.6 is 23.4 Å². The maximum absolute atomic E-state index is 12.9. The Morgan fingerprint density at radius 2 is 1.86 bits per heavy atom. The Labute approximate surface area is 182 Å². The van der Waals surface area contributed by atoms with E-state index in [1.165, 1.54) is 24.6 Å². The summed E-state index contributed by atoms with van der Waals surface area (Å²) in [4.78, 5) is 28.1. The first-order chi connectivity index (χ1) is 14.0. The molecule has 8 heteroatoms. The summed E-state index contributed by atoms with van der Waals surface area (Å²) in [6, 6.07) is 11.9. The van der Waals surface area contributed by atoms with Crippen LogP contribution < -0.4 is 4.90 Å². The summed E-state index contributed by atoms with van der Waals surface area (Å²) < 4.78 is 0. The van der Waals surface area contributed by atoms with Crippen LogP contribution in [0.4, 0.5) is 5.82 Å². The van der Waals surface area contributed by atoms with Gasteiger partial charge in [0.1, 0.15) is 11.0 Å². The maximum Gasteiger partial charge on any atom is 0.233 e. The van der Waals surface area contributed by atoms with Gasteiger partial charge in [0.2, 0.25) is 5.91 Å². The number of nitrogens with zero attached hydrogens (tertiary/aromatic N) is 5. The number of hydrogen-bond acceptors (Lipinski definition) is 6. The van der Waals surface area contributed by atoms with Crippen LogP contribution in [0.3, 0.4) is 0 Å². The van der Waals surface area contributed by atoms with Gasteiger partial charge < -0.3 is 14.7 Å². The summed E-state index contributed by atoms with van der Waals surface area (Å²) >= 11 is 7.56. The molecule has 2 heterocycles. The topological polar surface area (TPSA) is 52.6 Å². The molecule has 0 spiro atoms. The molecule has 1 saturated heterocycles. The van der Waals surface area contributed by atoms with Gasteiger partial charge in [0.05, 0.1) is 5.75 Å². The first kappa shape index (κ1) is 21.9. The van der Waals surface area contributed by atoms with Crippen LogP contribution in [0.5, 0.6) is 0 Å². The monoisotopic (exact) mass is 433 g/mol. The van der Waals surface area contributed by atoms with Crippen molar-refractivity contribution in [3.63, 3.8) is 0 Å². The number of rotatable bonds is 9. The predicted molar refractivity (Wildman–Crippen MR) is 120 cm³/mol. The summed E-state index contributed by atoms with van der Waals surface area (Å²) in [6.07, 6.45) is 2.34. The van der Waals surface area contributed by atoms with Gasteiger partial charge in [-0.05, 0) is 32.5 Å². The molecule has 1 aromatic carbocycles. The van der Waals surface area contributed by atoms with Gasteiger partial charge in [-0.3, -0.25) is 4.79 Å². The minimum Gasteiger partial charge on any atom is -0.356 e. The molecule has 0 N–H and O–H groups in total. The molecular weight excluding hydrogens is 406 g/mol. The molecule has 0 saturated carbocycles. The Kier molecular flexibility index (Phi) is 8.15. The third-order valence-electron chi connectivity index (χ3n) is 4.80. The lowest BCUT2D eigenvalue weighted by molar-refractivity contribution is -0.129. The van der Waals surface area contributed by atoms with Crippen molar-refractivity contribution in [2.75, 3.05) is 50.9 Å². The Balaban J connectivity index is 1.64. The average molecular weight is 434 g/mol. The number of hydrogen-bond donors (Lipinski definition) is 0. The van der Waals surface area contributed by atoms with E-state index in [9.17, 15) is 4.79 Å². The molecule has 0 aliphatic carbocycles. The lowest BCUT2D eigenvalue weighted by atomic mass is 10.2. The number of carbonyl (C=O) groups is 1. The van der Waals surface area contributed by atoms with Crippen LogP contribution in [-0.4, -0.2) is 71.7 Å². The third-order valence-corrected chi connectivity index (χ3v) is 5.83. The van der Waals surface area contributed by atoms with E-state index in [4.69, 9.17) is 11.6 Å². The predicted octanol–water partition coefficient (Wildman–Crippen LogP) is 3.41. The van der Waals surface area contributed by atoms with Crippen LogP contribution in [-0.2, 0) is 11.3 Å². The minimum absolute atomic E-state index is 0.0759. The van der Waals surface area contributed by atoms with E-state index in [0.29, 0.717) is 29.2 Å². The van der Waals surface area contributed by atoms with Crippen molar-refractivity contribution in [3.05, 3.63) is 47.1 Å². The molecule has 1 aliphatic rings. The van der Waals surface area contributed by atoms with Crippen molar-refractivity contribution in [1.82, 2.24) is 19.8 Å². The van der Waals surface area contributed by atoms with E-state index in [0.717, 1.165) is 31.0 Å². The Hall–Kier alpha value is -1.83. The number of likely N-dealkylation sites (N-methyl/N-ethyl adjacent to an activating group) is 1. The molecule has 2 aromatic rings. The zero-order valence-corrected chi connectivity index (χ0v) is 18.6. The molecule has 1 fully saturated rings. The first-order valence-electron chi connectivity index (χ1n) is 9.90. The normalized spacial score (nSPS) is 13.9. The molecule has 0 radical (unpaired) electrons. The molecule has 0 atom stereocenters. The molecule has 1 aliphatic heterocycles. The van der Waals surface area contributed by atoms with Gasteiger partial charge in [-0.2, -0.15) is 0 Å². The van der Waals surface area contributed by atoms with Crippen LogP contribution in [0.25, 0.3) is 0 Å². The van der Waals surface area contributed by atoms with Gasteiger partial charge in [-0.25, -0.2) is 9.97 Å². The molecular formula is C21H28ClN5OS. The Morgan fingerprint density at radius 3 is 2.55 bits per heavy atom. The highest BCUT2D eigenvalue weighted by molar-refractivity contribution is 7.99. The fraction of sp³-hybridized carbons (Fsp3) is 0.476. The van der Waals surface area contributed by atoms with Crippen LogP contribution in [0.15, 0.2) is 41.6 Å². The lowest BCUT2D eigenvalue weighted by Gasteiger charge is -2.24. The number of halogens is 1. The molecule has 1 amide bonds. The molecule has 6 nitrogen and oxygen atoms in total. The summed E-state index contributed by atoms with van der Waals surface area (Å²) in [5, 5.41) is 0.977. The first-order valence-corrected chi connectivity index (χ1v) is 11.3. The summed E-state index contributed by atoms with van der Waals surface area (Å²) in [5.74, 6) is 1.22. The lowest BCUT2D eigenvalue weighted by Crippen LogP contribution is -2.37. The second-order valence-corrected chi connectivity index (χ2v) is 8.75. The van der Waals surface area contributed by atoms with E-state index in [1.54, 1.807) is 6.07 Å². The van der Waals surface area contributed by atoms with Crippen molar-refractivity contribution in [3.8, 4) is 0 Å². The standard InChI is InChI=1S/C21H28ClN5OS/c1-25(2)12-13-27(15-17-8-4-3-5-9-17)20(28)16-29-21-23-18(22)14-19(24-21)26-10-6-7-11-26/h3-5,8-9,14H,6-7,10-13,15-16H2,1-2H3. The van der Waals surface area contributed by atoms with Crippen molar-refractivity contribution < 1.29 is 4.79 Å².